The highest BCUT2D eigenvalue weighted by atomic mass is 19.4. The molecule has 216 valence electrons. The smallest absolute Gasteiger partial charge is 0.416 e. The summed E-state index contributed by atoms with van der Waals surface area (Å²) in [7, 11) is 0. The predicted molar refractivity (Wildman–Crippen MR) is 144 cm³/mol. The van der Waals surface area contributed by atoms with Crippen LogP contribution >= 0.6 is 0 Å². The van der Waals surface area contributed by atoms with E-state index in [4.69, 9.17) is 4.74 Å². The number of esters is 1. The molecule has 14 heteroatoms. The van der Waals surface area contributed by atoms with Crippen molar-refractivity contribution < 1.29 is 32.6 Å². The molecule has 1 amide bonds. The molecule has 11 nitrogen and oxygen atoms in total. The quantitative estimate of drug-likeness (QED) is 0.257. The number of alkyl halides is 3. The maximum Gasteiger partial charge on any atom is 0.416 e. The molecular formula is C28H24F3N7O4. The molecule has 1 saturated heterocycles. The van der Waals surface area contributed by atoms with Crippen LogP contribution in [0.2, 0.25) is 0 Å². The van der Waals surface area contributed by atoms with E-state index in [9.17, 15) is 27.9 Å². The van der Waals surface area contributed by atoms with Gasteiger partial charge in [0.1, 0.15) is 12.4 Å². The van der Waals surface area contributed by atoms with E-state index < -0.39 is 23.6 Å². The predicted octanol–water partition coefficient (Wildman–Crippen LogP) is 3.75. The molecule has 42 heavy (non-hydrogen) atoms. The van der Waals surface area contributed by atoms with Gasteiger partial charge in [-0.25, -0.2) is 9.48 Å². The summed E-state index contributed by atoms with van der Waals surface area (Å²) in [5, 5.41) is 21.8. The monoisotopic (exact) mass is 579 g/mol. The van der Waals surface area contributed by atoms with Crippen molar-refractivity contribution in [2.24, 2.45) is 0 Å². The Balaban J connectivity index is 1.32. The van der Waals surface area contributed by atoms with Crippen LogP contribution in [0.1, 0.15) is 26.4 Å². The van der Waals surface area contributed by atoms with Gasteiger partial charge in [-0.1, -0.05) is 12.7 Å². The summed E-state index contributed by atoms with van der Waals surface area (Å²) in [6.45, 7) is 4.69. The third-order valence-corrected chi connectivity index (χ3v) is 6.48. The number of ether oxygens (including phenoxy) is 1. The summed E-state index contributed by atoms with van der Waals surface area (Å²) < 4.78 is 47.6. The summed E-state index contributed by atoms with van der Waals surface area (Å²) in [6, 6.07) is 7.65. The van der Waals surface area contributed by atoms with Crippen LogP contribution in [0.3, 0.4) is 0 Å². The number of hydrogen-bond donors (Lipinski definition) is 1. The molecule has 0 atom stereocenters. The van der Waals surface area contributed by atoms with Crippen LogP contribution in [0.15, 0.2) is 73.8 Å². The van der Waals surface area contributed by atoms with Crippen LogP contribution < -0.4 is 4.90 Å². The number of benzene rings is 1. The van der Waals surface area contributed by atoms with Gasteiger partial charge in [0.15, 0.2) is 11.5 Å². The summed E-state index contributed by atoms with van der Waals surface area (Å²) in [6.07, 6.45) is 2.40. The largest absolute Gasteiger partial charge is 0.506 e. The third-order valence-electron chi connectivity index (χ3n) is 6.48. The van der Waals surface area contributed by atoms with E-state index in [0.29, 0.717) is 30.0 Å². The molecule has 0 radical (unpaired) electrons. The lowest BCUT2D eigenvalue weighted by Gasteiger charge is -2.35. The van der Waals surface area contributed by atoms with Crippen LogP contribution in [0.25, 0.3) is 16.8 Å². The lowest BCUT2D eigenvalue weighted by atomic mass is 10.1. The van der Waals surface area contributed by atoms with Gasteiger partial charge in [0, 0.05) is 55.3 Å². The molecule has 4 aromatic rings. The van der Waals surface area contributed by atoms with E-state index >= 15 is 0 Å². The molecule has 1 aromatic carbocycles. The van der Waals surface area contributed by atoms with Gasteiger partial charge in [0.25, 0.3) is 5.91 Å². The number of nitrogens with zero attached hydrogens (tertiary/aromatic N) is 7. The zero-order chi connectivity index (χ0) is 29.9. The summed E-state index contributed by atoms with van der Waals surface area (Å²) >= 11 is 0. The number of anilines is 1. The van der Waals surface area contributed by atoms with E-state index in [1.165, 1.54) is 58.6 Å². The third kappa shape index (κ3) is 6.22. The van der Waals surface area contributed by atoms with Crippen LogP contribution in [0.5, 0.6) is 5.75 Å². The molecule has 1 aliphatic heterocycles. The average molecular weight is 580 g/mol. The molecular weight excluding hydrogens is 555 g/mol. The highest BCUT2D eigenvalue weighted by molar-refractivity contribution is 5.95. The Morgan fingerprint density at radius 3 is 2.45 bits per heavy atom. The Bertz CT molecular complexity index is 1610. The number of rotatable bonds is 7. The normalized spacial score (nSPS) is 13.6. The van der Waals surface area contributed by atoms with E-state index in [1.54, 1.807) is 6.07 Å². The van der Waals surface area contributed by atoms with Crippen LogP contribution in [-0.2, 0) is 10.9 Å². The fraction of sp³-hybridized carbons (Fsp3) is 0.214. The first-order chi connectivity index (χ1) is 20.1. The minimum absolute atomic E-state index is 0.0395. The molecule has 0 spiro atoms. The number of pyridine rings is 1. The molecule has 3 aromatic heterocycles. The lowest BCUT2D eigenvalue weighted by molar-refractivity contribution is -0.137. The average Bonchev–Trinajstić information content (AvgIpc) is 3.50. The maximum atomic E-state index is 13.8. The summed E-state index contributed by atoms with van der Waals surface area (Å²) in [5.41, 5.74) is 0.0105. The van der Waals surface area contributed by atoms with Crippen LogP contribution in [-0.4, -0.2) is 79.6 Å². The first-order valence-corrected chi connectivity index (χ1v) is 12.7. The Kier molecular flexibility index (Phi) is 7.86. The minimum Gasteiger partial charge on any atom is -0.506 e. The second-order valence-corrected chi connectivity index (χ2v) is 9.31. The molecule has 0 unspecified atom stereocenters. The topological polar surface area (TPSA) is 127 Å². The van der Waals surface area contributed by atoms with E-state index in [-0.39, 0.29) is 42.4 Å². The molecule has 5 rings (SSSR count). The van der Waals surface area contributed by atoms with Crippen molar-refractivity contribution >= 4 is 17.7 Å². The second kappa shape index (κ2) is 11.7. The number of carbonyl (C=O) groups is 2. The number of amides is 1. The van der Waals surface area contributed by atoms with Gasteiger partial charge in [-0.05, 0) is 36.4 Å². The van der Waals surface area contributed by atoms with Gasteiger partial charge in [0.05, 0.1) is 23.6 Å². The van der Waals surface area contributed by atoms with Gasteiger partial charge in [0.2, 0.25) is 0 Å². The van der Waals surface area contributed by atoms with Crippen molar-refractivity contribution in [2.75, 3.05) is 37.7 Å². The Morgan fingerprint density at radius 2 is 1.79 bits per heavy atom. The number of aromatic hydroxyl groups is 1. The SMILES string of the molecule is C=CCOC(=O)c1ccc(N2CCN(C(=O)c3cc(-n4cc(-c5cncc(O)c5)cn4)cc(C(F)(F)F)c3)CC2)nn1. The lowest BCUT2D eigenvalue weighted by Crippen LogP contribution is -2.49. The first-order valence-electron chi connectivity index (χ1n) is 12.7. The molecule has 1 N–H and O–H groups in total. The fourth-order valence-electron chi connectivity index (χ4n) is 4.36. The Hall–Kier alpha value is -5.27. The first kappa shape index (κ1) is 28.3. The molecule has 0 aliphatic carbocycles. The van der Waals surface area contributed by atoms with Crippen molar-refractivity contribution in [1.82, 2.24) is 29.9 Å². The number of piperazine rings is 1. The molecule has 4 heterocycles. The van der Waals surface area contributed by atoms with E-state index in [0.717, 1.165) is 12.1 Å². The Morgan fingerprint density at radius 1 is 1.00 bits per heavy atom. The number of carbonyl (C=O) groups excluding carboxylic acids is 2. The summed E-state index contributed by atoms with van der Waals surface area (Å²) in [5.74, 6) is -0.772. The van der Waals surface area contributed by atoms with Gasteiger partial charge >= 0.3 is 12.1 Å². The van der Waals surface area contributed by atoms with Crippen molar-refractivity contribution in [3.63, 3.8) is 0 Å². The minimum atomic E-state index is -4.70. The van der Waals surface area contributed by atoms with Crippen LogP contribution in [0.4, 0.5) is 19.0 Å². The van der Waals surface area contributed by atoms with Crippen molar-refractivity contribution in [2.45, 2.75) is 6.18 Å². The summed E-state index contributed by atoms with van der Waals surface area (Å²) in [4.78, 5) is 32.5. The second-order valence-electron chi connectivity index (χ2n) is 9.31. The molecule has 0 saturated carbocycles. The van der Waals surface area contributed by atoms with Crippen molar-refractivity contribution in [1.29, 1.82) is 0 Å². The van der Waals surface area contributed by atoms with E-state index in [1.807, 2.05) is 4.90 Å². The molecule has 0 bridgehead atoms. The zero-order valence-corrected chi connectivity index (χ0v) is 22.0. The highest BCUT2D eigenvalue weighted by Gasteiger charge is 2.33. The van der Waals surface area contributed by atoms with E-state index in [2.05, 4.69) is 26.9 Å². The standard InChI is InChI=1S/C28H24F3N7O4/c1-2-9-42-27(41)24-3-4-25(35-34-24)36-5-7-37(8-6-36)26(40)18-10-21(28(29,30)31)13-22(11-18)38-17-20(15-33-38)19-12-23(39)16-32-14-19/h2-4,10-17,39H,1,5-9H2. The maximum absolute atomic E-state index is 13.8. The molecule has 1 aliphatic rings. The van der Waals surface area contributed by atoms with Crippen LogP contribution in [0, 0.1) is 0 Å². The van der Waals surface area contributed by atoms with Gasteiger partial charge in [-0.2, -0.15) is 18.3 Å². The highest BCUT2D eigenvalue weighted by Crippen LogP contribution is 2.32. The van der Waals surface area contributed by atoms with Gasteiger partial charge in [-0.15, -0.1) is 10.2 Å². The van der Waals surface area contributed by atoms with Gasteiger partial charge in [-0.3, -0.25) is 9.78 Å². The fourth-order valence-corrected chi connectivity index (χ4v) is 4.36. The van der Waals surface area contributed by atoms with Gasteiger partial charge < -0.3 is 19.6 Å². The number of hydrogen-bond acceptors (Lipinski definition) is 9. The van der Waals surface area contributed by atoms with Crippen molar-refractivity contribution in [3.05, 3.63) is 90.7 Å². The van der Waals surface area contributed by atoms with Crippen molar-refractivity contribution in [3.8, 4) is 22.6 Å². The number of aromatic nitrogens is 5. The number of halogens is 3. The zero-order valence-electron chi connectivity index (χ0n) is 22.0. The Labute approximate surface area is 237 Å². The molecule has 1 fully saturated rings.